The SMILES string of the molecule is O=S(=O)(CCCC1=[N+]([O-])CCC[C@H]1[C@@H](O)CCOCc1ccccc1)c1ccccc1. The fourth-order valence-electron chi connectivity index (χ4n) is 4.03. The van der Waals surface area contributed by atoms with Crippen LogP contribution >= 0.6 is 0 Å². The molecule has 1 N–H and O–H groups in total. The highest BCUT2D eigenvalue weighted by Gasteiger charge is 2.33. The van der Waals surface area contributed by atoms with Gasteiger partial charge in [0.1, 0.15) is 0 Å². The van der Waals surface area contributed by atoms with Gasteiger partial charge in [0.2, 0.25) is 0 Å². The number of hydroxylamine groups is 1. The average Bonchev–Trinajstić information content (AvgIpc) is 2.79. The lowest BCUT2D eigenvalue weighted by atomic mass is 9.86. The van der Waals surface area contributed by atoms with Crippen LogP contribution in [0.3, 0.4) is 0 Å². The maximum Gasteiger partial charge on any atom is 0.178 e. The summed E-state index contributed by atoms with van der Waals surface area (Å²) in [5, 5.41) is 23.1. The maximum absolute atomic E-state index is 12.5. The Bertz CT molecular complexity index is 944. The van der Waals surface area contributed by atoms with Crippen LogP contribution in [0.5, 0.6) is 0 Å². The van der Waals surface area contributed by atoms with E-state index in [0.717, 1.165) is 23.1 Å². The molecule has 0 amide bonds. The second-order valence-electron chi connectivity index (χ2n) is 7.97. The molecule has 2 aromatic carbocycles. The van der Waals surface area contributed by atoms with Gasteiger partial charge in [0.05, 0.1) is 29.3 Å². The molecule has 2 atom stereocenters. The molecule has 1 heterocycles. The van der Waals surface area contributed by atoms with Gasteiger partial charge in [-0.25, -0.2) is 13.2 Å². The van der Waals surface area contributed by atoms with Crippen LogP contribution in [-0.4, -0.2) is 49.0 Å². The molecule has 1 aliphatic heterocycles. The summed E-state index contributed by atoms with van der Waals surface area (Å²) in [5.74, 6) is -0.261. The minimum Gasteiger partial charge on any atom is -0.624 e. The van der Waals surface area contributed by atoms with E-state index in [1.807, 2.05) is 30.3 Å². The predicted octanol–water partition coefficient (Wildman–Crippen LogP) is 3.57. The summed E-state index contributed by atoms with van der Waals surface area (Å²) in [5.41, 5.74) is 1.69. The van der Waals surface area contributed by atoms with Gasteiger partial charge in [-0.3, -0.25) is 0 Å². The molecule has 2 aromatic rings. The van der Waals surface area contributed by atoms with Crippen molar-refractivity contribution >= 4 is 15.5 Å². The standard InChI is InChI=1S/C24H31NO5S/c26-24(15-17-30-19-20-9-3-1-4-10-20)22-13-7-16-25(27)23(22)14-8-18-31(28,29)21-11-5-2-6-12-21/h1-6,9-12,22,24,26H,7-8,13-19H2/t22-,24+/m1/s1. The zero-order chi connectivity index (χ0) is 22.1. The Morgan fingerprint density at radius 2 is 1.77 bits per heavy atom. The third-order valence-corrected chi connectivity index (χ3v) is 7.52. The first-order valence-corrected chi connectivity index (χ1v) is 12.5. The smallest absolute Gasteiger partial charge is 0.178 e. The van der Waals surface area contributed by atoms with Gasteiger partial charge in [0, 0.05) is 19.4 Å². The van der Waals surface area contributed by atoms with Crippen molar-refractivity contribution in [1.82, 2.24) is 0 Å². The fourth-order valence-corrected chi connectivity index (χ4v) is 5.36. The first kappa shape index (κ1) is 23.4. The van der Waals surface area contributed by atoms with Crippen molar-refractivity contribution in [3.05, 3.63) is 71.4 Å². The summed E-state index contributed by atoms with van der Waals surface area (Å²) >= 11 is 0. The summed E-state index contributed by atoms with van der Waals surface area (Å²) in [6.07, 6.45) is 1.97. The summed E-state index contributed by atoms with van der Waals surface area (Å²) in [6, 6.07) is 18.2. The number of nitrogens with zero attached hydrogens (tertiary/aromatic N) is 1. The molecular weight excluding hydrogens is 414 g/mol. The quantitative estimate of drug-likeness (QED) is 0.324. The van der Waals surface area contributed by atoms with Crippen LogP contribution in [-0.2, 0) is 21.2 Å². The Balaban J connectivity index is 1.51. The molecule has 168 valence electrons. The maximum atomic E-state index is 12.5. The number of ether oxygens (including phenoxy) is 1. The van der Waals surface area contributed by atoms with Crippen molar-refractivity contribution < 1.29 is 23.0 Å². The van der Waals surface area contributed by atoms with Gasteiger partial charge < -0.3 is 15.1 Å². The van der Waals surface area contributed by atoms with Gasteiger partial charge >= 0.3 is 0 Å². The van der Waals surface area contributed by atoms with E-state index >= 15 is 0 Å². The number of sulfone groups is 1. The largest absolute Gasteiger partial charge is 0.624 e. The topological polar surface area (TPSA) is 89.7 Å². The molecule has 0 saturated heterocycles. The number of aliphatic hydroxyl groups is 1. The second kappa shape index (κ2) is 11.4. The lowest BCUT2D eigenvalue weighted by molar-refractivity contribution is -0.468. The van der Waals surface area contributed by atoms with Crippen molar-refractivity contribution in [1.29, 1.82) is 0 Å². The Morgan fingerprint density at radius 1 is 1.10 bits per heavy atom. The lowest BCUT2D eigenvalue weighted by Crippen LogP contribution is -2.38. The number of benzene rings is 2. The number of rotatable bonds is 11. The molecule has 0 aromatic heterocycles. The summed E-state index contributed by atoms with van der Waals surface area (Å²) in [6.45, 7) is 1.29. The van der Waals surface area contributed by atoms with Crippen molar-refractivity contribution in [3.63, 3.8) is 0 Å². The van der Waals surface area contributed by atoms with Gasteiger partial charge in [0.25, 0.3) is 0 Å². The van der Waals surface area contributed by atoms with Crippen molar-refractivity contribution in [3.8, 4) is 0 Å². The first-order chi connectivity index (χ1) is 15.0. The highest BCUT2D eigenvalue weighted by molar-refractivity contribution is 7.91. The van der Waals surface area contributed by atoms with Crippen LogP contribution in [0, 0.1) is 11.1 Å². The molecule has 0 radical (unpaired) electrons. The van der Waals surface area contributed by atoms with E-state index in [1.165, 1.54) is 0 Å². The summed E-state index contributed by atoms with van der Waals surface area (Å²) < 4.78 is 31.6. The van der Waals surface area contributed by atoms with E-state index in [1.54, 1.807) is 30.3 Å². The molecule has 7 heteroatoms. The van der Waals surface area contributed by atoms with E-state index in [0.29, 0.717) is 49.6 Å². The number of aliphatic hydroxyl groups excluding tert-OH is 1. The zero-order valence-electron chi connectivity index (χ0n) is 17.7. The molecule has 0 spiro atoms. The van der Waals surface area contributed by atoms with Crippen molar-refractivity contribution in [2.75, 3.05) is 18.9 Å². The van der Waals surface area contributed by atoms with Crippen molar-refractivity contribution in [2.45, 2.75) is 49.7 Å². The molecule has 0 fully saturated rings. The first-order valence-electron chi connectivity index (χ1n) is 10.9. The zero-order valence-corrected chi connectivity index (χ0v) is 18.5. The van der Waals surface area contributed by atoms with Crippen LogP contribution in [0.2, 0.25) is 0 Å². The van der Waals surface area contributed by atoms with E-state index < -0.39 is 15.9 Å². The third-order valence-electron chi connectivity index (χ3n) is 5.71. The Labute approximate surface area is 184 Å². The molecule has 0 saturated carbocycles. The van der Waals surface area contributed by atoms with Crippen molar-refractivity contribution in [2.24, 2.45) is 5.92 Å². The fraction of sp³-hybridized carbons (Fsp3) is 0.458. The molecule has 31 heavy (non-hydrogen) atoms. The molecule has 0 bridgehead atoms. The summed E-state index contributed by atoms with van der Waals surface area (Å²) in [7, 11) is -3.38. The van der Waals surface area contributed by atoms with E-state index in [-0.39, 0.29) is 11.7 Å². The normalized spacial score (nSPS) is 18.2. The monoisotopic (exact) mass is 445 g/mol. The number of hydrogen-bond donors (Lipinski definition) is 1. The summed E-state index contributed by atoms with van der Waals surface area (Å²) in [4.78, 5) is 0.301. The molecular formula is C24H31NO5S. The number of hydrogen-bond acceptors (Lipinski definition) is 5. The van der Waals surface area contributed by atoms with E-state index in [4.69, 9.17) is 4.74 Å². The molecule has 1 aliphatic rings. The third kappa shape index (κ3) is 6.89. The minimum atomic E-state index is -3.38. The van der Waals surface area contributed by atoms with E-state index in [9.17, 15) is 18.7 Å². The van der Waals surface area contributed by atoms with Gasteiger partial charge in [-0.2, -0.15) is 0 Å². The van der Waals surface area contributed by atoms with Crippen LogP contribution in [0.15, 0.2) is 65.6 Å². The van der Waals surface area contributed by atoms with Gasteiger partial charge in [-0.05, 0) is 37.0 Å². The molecule has 0 aliphatic carbocycles. The minimum absolute atomic E-state index is 0.0165. The van der Waals surface area contributed by atoms with Gasteiger partial charge in [-0.1, -0.05) is 48.5 Å². The molecule has 0 unspecified atom stereocenters. The Kier molecular flexibility index (Phi) is 8.63. The van der Waals surface area contributed by atoms with Crippen LogP contribution in [0.25, 0.3) is 0 Å². The van der Waals surface area contributed by atoms with Gasteiger partial charge in [0.15, 0.2) is 22.1 Å². The predicted molar refractivity (Wildman–Crippen MR) is 121 cm³/mol. The average molecular weight is 446 g/mol. The van der Waals surface area contributed by atoms with Crippen LogP contribution in [0.1, 0.15) is 37.7 Å². The van der Waals surface area contributed by atoms with Gasteiger partial charge in [-0.15, -0.1) is 0 Å². The highest BCUT2D eigenvalue weighted by atomic mass is 32.2. The lowest BCUT2D eigenvalue weighted by Gasteiger charge is -2.28. The Hall–Kier alpha value is -2.22. The Morgan fingerprint density at radius 3 is 2.48 bits per heavy atom. The second-order valence-corrected chi connectivity index (χ2v) is 10.1. The molecule has 6 nitrogen and oxygen atoms in total. The van der Waals surface area contributed by atoms with Crippen LogP contribution < -0.4 is 0 Å². The highest BCUT2D eigenvalue weighted by Crippen LogP contribution is 2.24. The van der Waals surface area contributed by atoms with Crippen LogP contribution in [0.4, 0.5) is 0 Å². The molecule has 3 rings (SSSR count). The van der Waals surface area contributed by atoms with E-state index in [2.05, 4.69) is 0 Å².